The van der Waals surface area contributed by atoms with E-state index in [0.29, 0.717) is 11.1 Å². The zero-order chi connectivity index (χ0) is 37.0. The molecule has 10 aromatic rings. The zero-order valence-electron chi connectivity index (χ0n) is 29.9. The first-order valence-corrected chi connectivity index (χ1v) is 19.2. The van der Waals surface area contributed by atoms with Crippen molar-refractivity contribution in [1.29, 1.82) is 5.26 Å². The van der Waals surface area contributed by atoms with Gasteiger partial charge in [0.25, 0.3) is 0 Å². The number of rotatable bonds is 6. The molecule has 0 N–H and O–H groups in total. The number of aromatic nitrogens is 3. The van der Waals surface area contributed by atoms with Gasteiger partial charge in [-0.05, 0) is 80.9 Å². The fraction of sp³-hybridized carbons (Fsp3) is 0.0204. The van der Waals surface area contributed by atoms with Crippen molar-refractivity contribution in [2.75, 3.05) is 0 Å². The molecule has 0 amide bonds. The number of benzene rings is 7. The Bertz CT molecular complexity index is 3210. The molecule has 0 unspecified atom stereocenters. The molecule has 0 saturated heterocycles. The monoisotopic (exact) mass is 722 g/mol. The Balaban J connectivity index is 1.37. The lowest BCUT2D eigenvalue weighted by atomic mass is 9.90. The molecular weight excluding hydrogens is 692 g/mol. The van der Waals surface area contributed by atoms with Crippen LogP contribution in [0.25, 0.3) is 94.2 Å². The molecule has 55 heavy (non-hydrogen) atoms. The lowest BCUT2D eigenvalue weighted by Gasteiger charge is -2.21. The number of hydrogen-bond acceptors (Lipinski definition) is 4. The van der Waals surface area contributed by atoms with Gasteiger partial charge in [-0.3, -0.25) is 0 Å². The standard InChI is InChI=1S/C49H31N4OP/c1-30-12-10-16-33(24-30)39-26-35(42-28-41(51-49(52-42)55-2)32-14-4-3-5-15-32)27-40(34-17-11-13-31(25-34)29-50)47(39)53-43-20-8-6-19-38(43)46-44(53)23-22-37-36-18-7-9-21-45(36)54-48(37)46/h3-28H,2H2,1H3. The molecule has 0 aliphatic carbocycles. The van der Waals surface area contributed by atoms with Crippen LogP contribution in [-0.4, -0.2) is 20.8 Å². The van der Waals surface area contributed by atoms with Gasteiger partial charge >= 0.3 is 0 Å². The molecule has 0 bridgehead atoms. The van der Waals surface area contributed by atoms with Gasteiger partial charge in [-0.2, -0.15) is 5.26 Å². The van der Waals surface area contributed by atoms with E-state index in [-0.39, 0.29) is 0 Å². The first-order valence-electron chi connectivity index (χ1n) is 18.1. The lowest BCUT2D eigenvalue weighted by Crippen LogP contribution is -2.08. The van der Waals surface area contributed by atoms with Crippen molar-refractivity contribution in [3.05, 3.63) is 169 Å². The second-order valence-electron chi connectivity index (χ2n) is 13.7. The summed E-state index contributed by atoms with van der Waals surface area (Å²) in [7, 11) is 0.726. The fourth-order valence-corrected chi connectivity index (χ4v) is 8.27. The highest BCUT2D eigenvalue weighted by Crippen LogP contribution is 2.46. The summed E-state index contributed by atoms with van der Waals surface area (Å²) in [5, 5.41) is 14.4. The van der Waals surface area contributed by atoms with Gasteiger partial charge in [-0.1, -0.05) is 115 Å². The molecule has 10 rings (SSSR count). The summed E-state index contributed by atoms with van der Waals surface area (Å²) >= 11 is 0. The molecule has 6 heteroatoms. The minimum Gasteiger partial charge on any atom is -0.455 e. The number of furan rings is 1. The van der Waals surface area contributed by atoms with E-state index in [1.54, 1.807) is 0 Å². The molecule has 3 aromatic heterocycles. The van der Waals surface area contributed by atoms with Crippen LogP contribution in [0.4, 0.5) is 0 Å². The second-order valence-corrected chi connectivity index (χ2v) is 14.4. The van der Waals surface area contributed by atoms with Crippen molar-refractivity contribution in [1.82, 2.24) is 14.5 Å². The van der Waals surface area contributed by atoms with Gasteiger partial charge < -0.3 is 8.98 Å². The van der Waals surface area contributed by atoms with E-state index in [9.17, 15) is 5.26 Å². The number of fused-ring (bicyclic) bond motifs is 7. The second kappa shape index (κ2) is 13.1. The predicted molar refractivity (Wildman–Crippen MR) is 229 cm³/mol. The van der Waals surface area contributed by atoms with Crippen LogP contribution in [0.15, 0.2) is 162 Å². The first kappa shape index (κ1) is 32.5. The molecular formula is C49H31N4OP. The molecule has 0 aliphatic rings. The van der Waals surface area contributed by atoms with Gasteiger partial charge in [0.15, 0.2) is 5.57 Å². The SMILES string of the molecule is C=Pc1nc(-c2ccccc2)cc(-c2cc(-c3cccc(C)c3)c(-n3c4ccccc4c4c5oc6ccccc6c5ccc43)c(-c3cccc(C#N)c3)c2)n1. The zero-order valence-corrected chi connectivity index (χ0v) is 30.8. The molecule has 5 nitrogen and oxygen atoms in total. The van der Waals surface area contributed by atoms with Crippen LogP contribution < -0.4 is 5.57 Å². The average molecular weight is 723 g/mol. The maximum Gasteiger partial charge on any atom is 0.179 e. The molecule has 0 radical (unpaired) electrons. The van der Waals surface area contributed by atoms with Crippen LogP contribution in [-0.2, 0) is 0 Å². The van der Waals surface area contributed by atoms with Crippen molar-refractivity contribution in [3.63, 3.8) is 0 Å². The summed E-state index contributed by atoms with van der Waals surface area (Å²) in [5.74, 6) is 0. The number of hydrogen-bond donors (Lipinski definition) is 0. The largest absolute Gasteiger partial charge is 0.455 e. The number of para-hydroxylation sites is 2. The first-order chi connectivity index (χ1) is 27.1. The smallest absolute Gasteiger partial charge is 0.179 e. The Morgan fingerprint density at radius 1 is 0.600 bits per heavy atom. The highest BCUT2D eigenvalue weighted by Gasteiger charge is 2.24. The Hall–Kier alpha value is -7.12. The van der Waals surface area contributed by atoms with E-state index < -0.39 is 0 Å². The Morgan fingerprint density at radius 2 is 1.27 bits per heavy atom. The molecule has 0 fully saturated rings. The summed E-state index contributed by atoms with van der Waals surface area (Å²) < 4.78 is 9.05. The quantitative estimate of drug-likeness (QED) is 0.160. The highest BCUT2D eigenvalue weighted by molar-refractivity contribution is 7.44. The van der Waals surface area contributed by atoms with Crippen molar-refractivity contribution in [2.45, 2.75) is 6.92 Å². The Kier molecular flexibility index (Phi) is 7.73. The van der Waals surface area contributed by atoms with Crippen LogP contribution in [0, 0.1) is 18.3 Å². The summed E-state index contributed by atoms with van der Waals surface area (Å²) in [6, 6.07) is 56.8. The van der Waals surface area contributed by atoms with Crippen molar-refractivity contribution < 1.29 is 4.42 Å². The van der Waals surface area contributed by atoms with Gasteiger partial charge in [0.2, 0.25) is 0 Å². The summed E-state index contributed by atoms with van der Waals surface area (Å²) in [6.45, 7) is 2.12. The third-order valence-corrected chi connectivity index (χ3v) is 10.8. The minimum atomic E-state index is 0.587. The van der Waals surface area contributed by atoms with Gasteiger partial charge in [0.05, 0.1) is 45.1 Å². The van der Waals surface area contributed by atoms with E-state index in [2.05, 4.69) is 133 Å². The summed E-state index contributed by atoms with van der Waals surface area (Å²) in [4.78, 5) is 9.93. The maximum absolute atomic E-state index is 10.1. The molecule has 7 aromatic carbocycles. The van der Waals surface area contributed by atoms with Crippen LogP contribution in [0.5, 0.6) is 0 Å². The van der Waals surface area contributed by atoms with Crippen LogP contribution in [0.3, 0.4) is 0 Å². The van der Waals surface area contributed by atoms with Crippen LogP contribution >= 0.6 is 8.20 Å². The minimum absolute atomic E-state index is 0.587. The third kappa shape index (κ3) is 5.43. The number of aryl methyl sites for hydroxylation is 1. The molecule has 0 spiro atoms. The van der Waals surface area contributed by atoms with Crippen molar-refractivity contribution in [2.24, 2.45) is 0 Å². The van der Waals surface area contributed by atoms with E-state index >= 15 is 0 Å². The highest BCUT2D eigenvalue weighted by atomic mass is 31.1. The summed E-state index contributed by atoms with van der Waals surface area (Å²) in [6.07, 6.45) is 4.13. The molecule has 0 saturated carbocycles. The number of nitriles is 1. The van der Waals surface area contributed by atoms with E-state index in [1.165, 1.54) is 0 Å². The van der Waals surface area contributed by atoms with Gasteiger partial charge in [0.1, 0.15) is 11.2 Å². The van der Waals surface area contributed by atoms with Crippen molar-refractivity contribution in [3.8, 4) is 56.5 Å². The van der Waals surface area contributed by atoms with E-state index in [4.69, 9.17) is 14.4 Å². The van der Waals surface area contributed by atoms with E-state index in [1.807, 2.05) is 48.5 Å². The topological polar surface area (TPSA) is 67.6 Å². The maximum atomic E-state index is 10.1. The number of nitrogens with zero attached hydrogens (tertiary/aromatic N) is 4. The normalized spacial score (nSPS) is 11.6. The average Bonchev–Trinajstić information content (AvgIpc) is 3.79. The van der Waals surface area contributed by atoms with Gasteiger partial charge in [-0.15, -0.1) is 0 Å². The van der Waals surface area contributed by atoms with Gasteiger partial charge in [0, 0.05) is 38.4 Å². The molecule has 3 heterocycles. The third-order valence-electron chi connectivity index (χ3n) is 10.4. The Labute approximate surface area is 319 Å². The molecule has 258 valence electrons. The van der Waals surface area contributed by atoms with Crippen molar-refractivity contribution >= 4 is 63.8 Å². The Morgan fingerprint density at radius 3 is 2.04 bits per heavy atom. The van der Waals surface area contributed by atoms with Crippen LogP contribution in [0.1, 0.15) is 11.1 Å². The van der Waals surface area contributed by atoms with Crippen LogP contribution in [0.2, 0.25) is 0 Å². The lowest BCUT2D eigenvalue weighted by molar-refractivity contribution is 0.673. The fourth-order valence-electron chi connectivity index (χ4n) is 7.92. The molecule has 0 atom stereocenters. The van der Waals surface area contributed by atoms with E-state index in [0.717, 1.165) is 108 Å². The molecule has 0 aliphatic heterocycles. The van der Waals surface area contributed by atoms with Gasteiger partial charge in [-0.25, -0.2) is 9.97 Å². The predicted octanol–water partition coefficient (Wildman–Crippen LogP) is 12.3. The summed E-state index contributed by atoms with van der Waals surface area (Å²) in [5.41, 5.74) is 14.7.